The number of rotatable bonds is 7. The summed E-state index contributed by atoms with van der Waals surface area (Å²) in [7, 11) is 0. The van der Waals surface area contributed by atoms with Crippen LogP contribution in [-0.2, 0) is 28.6 Å². The summed E-state index contributed by atoms with van der Waals surface area (Å²) >= 11 is 0. The number of hydrogen-bond donors (Lipinski definition) is 1. The van der Waals surface area contributed by atoms with E-state index in [0.29, 0.717) is 0 Å². The second-order valence-corrected chi connectivity index (χ2v) is 17.5. The van der Waals surface area contributed by atoms with Crippen molar-refractivity contribution in [3.63, 3.8) is 0 Å². The van der Waals surface area contributed by atoms with E-state index in [4.69, 9.17) is 14.2 Å². The lowest BCUT2D eigenvalue weighted by atomic mass is 9.44. The lowest BCUT2D eigenvalue weighted by molar-refractivity contribution is -0.249. The first-order chi connectivity index (χ1) is 28.0. The fourth-order valence-corrected chi connectivity index (χ4v) is 11.2. The van der Waals surface area contributed by atoms with Crippen molar-refractivity contribution in [1.29, 1.82) is 0 Å². The Kier molecular flexibility index (Phi) is 10.2. The minimum Gasteiger partial charge on any atom is -0.458 e. The highest BCUT2D eigenvalue weighted by atomic mass is 19.1. The SMILES string of the molecule is CC(=O)OCC(=O)[C@@]12OC(C)(C)O[C@@H]1C[C@H]1[C@@H]3C[C@H](F)C4=CC(=O)C=C[C@]4(C)[C@@]3(F)[C@@H](O)C[C@@]12C.c1ccc(-c2ccc(C(c3ccccc3)n3ccnc3)cc2)cc1. The maximum absolute atomic E-state index is 17.3. The van der Waals surface area contributed by atoms with Crippen molar-refractivity contribution < 1.29 is 42.5 Å². The van der Waals surface area contributed by atoms with Gasteiger partial charge in [0.05, 0.1) is 24.6 Å². The van der Waals surface area contributed by atoms with E-state index in [2.05, 4.69) is 82.3 Å². The molecule has 10 atom stereocenters. The molecule has 3 saturated carbocycles. The van der Waals surface area contributed by atoms with E-state index in [1.165, 1.54) is 48.3 Å². The molecule has 5 aliphatic rings. The van der Waals surface area contributed by atoms with E-state index >= 15 is 8.78 Å². The summed E-state index contributed by atoms with van der Waals surface area (Å²) in [4.78, 5) is 41.3. The Morgan fingerprint density at radius 3 is 2.22 bits per heavy atom. The average Bonchev–Trinajstić information content (AvgIpc) is 3.90. The van der Waals surface area contributed by atoms with Crippen LogP contribution in [-0.4, -0.2) is 74.2 Å². The number of benzene rings is 3. The Bertz CT molecular complexity index is 2280. The number of carbonyl (C=O) groups excluding carboxylic acids is 3. The third-order valence-corrected chi connectivity index (χ3v) is 13.7. The number of aliphatic hydroxyl groups excluding tert-OH is 1. The van der Waals surface area contributed by atoms with Gasteiger partial charge < -0.3 is 23.9 Å². The Balaban J connectivity index is 0.000000176. The molecule has 11 heteroatoms. The maximum atomic E-state index is 17.3. The molecule has 1 saturated heterocycles. The third kappa shape index (κ3) is 6.53. The number of carbonyl (C=O) groups is 3. The summed E-state index contributed by atoms with van der Waals surface area (Å²) in [6.45, 7) is 7.28. The van der Waals surface area contributed by atoms with Gasteiger partial charge in [0.2, 0.25) is 5.78 Å². The molecule has 4 fully saturated rings. The number of hydrogen-bond acceptors (Lipinski definition) is 8. The van der Waals surface area contributed by atoms with Gasteiger partial charge >= 0.3 is 5.97 Å². The second kappa shape index (κ2) is 14.9. The Morgan fingerprint density at radius 2 is 1.58 bits per heavy atom. The van der Waals surface area contributed by atoms with Crippen molar-refractivity contribution in [2.75, 3.05) is 6.61 Å². The van der Waals surface area contributed by atoms with Crippen LogP contribution in [0, 0.1) is 22.7 Å². The van der Waals surface area contributed by atoms with Crippen molar-refractivity contribution in [2.24, 2.45) is 22.7 Å². The van der Waals surface area contributed by atoms with Gasteiger partial charge in [0.1, 0.15) is 6.17 Å². The lowest BCUT2D eigenvalue weighted by Gasteiger charge is -2.63. The van der Waals surface area contributed by atoms with E-state index in [9.17, 15) is 19.5 Å². The maximum Gasteiger partial charge on any atom is 0.303 e. The summed E-state index contributed by atoms with van der Waals surface area (Å²) in [5.74, 6) is -4.23. The number of ether oxygens (including phenoxy) is 3. The van der Waals surface area contributed by atoms with Crippen LogP contribution < -0.4 is 0 Å². The van der Waals surface area contributed by atoms with Gasteiger partial charge in [-0.25, -0.2) is 13.8 Å². The Labute approximate surface area is 343 Å². The van der Waals surface area contributed by atoms with E-state index in [1.54, 1.807) is 20.8 Å². The normalized spacial score (nSPS) is 34.2. The number of alkyl halides is 2. The molecule has 1 unspecified atom stereocenters. The fourth-order valence-electron chi connectivity index (χ4n) is 11.2. The van der Waals surface area contributed by atoms with Gasteiger partial charge in [0, 0.05) is 36.1 Å². The van der Waals surface area contributed by atoms with Crippen LogP contribution in [0.3, 0.4) is 0 Å². The quantitative estimate of drug-likeness (QED) is 0.186. The number of halogens is 2. The van der Waals surface area contributed by atoms with Crippen molar-refractivity contribution in [2.45, 2.75) is 95.4 Å². The van der Waals surface area contributed by atoms with E-state index in [1.807, 2.05) is 30.9 Å². The highest BCUT2D eigenvalue weighted by Gasteiger charge is 2.80. The van der Waals surface area contributed by atoms with Gasteiger partial charge in [-0.1, -0.05) is 97.9 Å². The summed E-state index contributed by atoms with van der Waals surface area (Å²) in [5, 5.41) is 11.5. The van der Waals surface area contributed by atoms with E-state index in [-0.39, 0.29) is 30.9 Å². The Hall–Kier alpha value is -5.10. The number of allylic oxidation sites excluding steroid dienone is 4. The van der Waals surface area contributed by atoms with Crippen molar-refractivity contribution in [1.82, 2.24) is 9.55 Å². The van der Waals surface area contributed by atoms with Gasteiger partial charge in [-0.3, -0.25) is 14.4 Å². The van der Waals surface area contributed by atoms with E-state index < -0.39 is 82.2 Å². The first kappa shape index (κ1) is 40.7. The summed E-state index contributed by atoms with van der Waals surface area (Å²) in [5.41, 5.74) is -1.48. The number of aromatic nitrogens is 2. The predicted octanol–water partition coefficient (Wildman–Crippen LogP) is 8.13. The molecule has 9 rings (SSSR count). The van der Waals surface area contributed by atoms with Crippen LogP contribution in [0.5, 0.6) is 0 Å². The predicted molar refractivity (Wildman–Crippen MR) is 216 cm³/mol. The van der Waals surface area contributed by atoms with Crippen LogP contribution in [0.1, 0.15) is 71.0 Å². The van der Waals surface area contributed by atoms with Crippen molar-refractivity contribution in [3.8, 4) is 11.1 Å². The van der Waals surface area contributed by atoms with Crippen molar-refractivity contribution in [3.05, 3.63) is 139 Å². The molecule has 1 N–H and O–H groups in total. The monoisotopic (exact) mass is 804 g/mol. The molecule has 4 aromatic rings. The second-order valence-electron chi connectivity index (χ2n) is 17.5. The van der Waals surface area contributed by atoms with Crippen LogP contribution in [0.25, 0.3) is 11.1 Å². The molecule has 308 valence electrons. The summed E-state index contributed by atoms with van der Waals surface area (Å²) in [6.07, 6.45) is 5.38. The number of fused-ring (bicyclic) bond motifs is 7. The fraction of sp³-hybridized carbons (Fsp3) is 0.417. The van der Waals surface area contributed by atoms with Gasteiger partial charge in [-0.15, -0.1) is 0 Å². The molecule has 0 amide bonds. The smallest absolute Gasteiger partial charge is 0.303 e. The number of ketones is 2. The number of esters is 1. The van der Waals surface area contributed by atoms with Crippen LogP contribution in [0.4, 0.5) is 8.78 Å². The number of Topliss-reactive ketones (excluding diaryl/α,β-unsaturated/α-hetero) is 1. The molecule has 0 spiro atoms. The zero-order chi connectivity index (χ0) is 42.0. The van der Waals surface area contributed by atoms with Gasteiger partial charge in [0.25, 0.3) is 0 Å². The molecular weight excluding hydrogens is 755 g/mol. The summed E-state index contributed by atoms with van der Waals surface area (Å²) in [6, 6.07) is 29.9. The molecule has 1 aromatic heterocycles. The molecule has 0 radical (unpaired) electrons. The largest absolute Gasteiger partial charge is 0.458 e. The molecule has 1 aliphatic heterocycles. The Morgan fingerprint density at radius 1 is 0.932 bits per heavy atom. The molecule has 4 aliphatic carbocycles. The first-order valence-electron chi connectivity index (χ1n) is 20.2. The zero-order valence-electron chi connectivity index (χ0n) is 33.9. The standard InChI is InChI=1S/C26H32F2O7.C22H18N2/c1-13(29)33-12-20(32)26-21(34-22(2,3)35-26)10-15-16-9-18(27)17-8-14(30)6-7-23(17,4)25(16,28)19(31)11-24(15,26)5;1-3-7-18(8-4-1)19-11-13-21(14-12-19)22(24-16-15-23-17-24)20-9-5-2-6-10-20/h6-8,15-16,18-19,21,31H,9-12H2,1-5H3;1-17,22H/t15-,16-,18-,19-,21+,23-,24-,25-,26+;/m0./s1. The molecule has 2 heterocycles. The molecule has 0 bridgehead atoms. The van der Waals surface area contributed by atoms with Crippen LogP contribution >= 0.6 is 0 Å². The van der Waals surface area contributed by atoms with Crippen LogP contribution in [0.2, 0.25) is 0 Å². The minimum absolute atomic E-state index is 0.0406. The van der Waals surface area contributed by atoms with Gasteiger partial charge in [-0.2, -0.15) is 0 Å². The number of imidazole rings is 1. The minimum atomic E-state index is -2.27. The van der Waals surface area contributed by atoms with Gasteiger partial charge in [0.15, 0.2) is 29.4 Å². The highest BCUT2D eigenvalue weighted by Crippen LogP contribution is 2.72. The van der Waals surface area contributed by atoms with E-state index in [0.717, 1.165) is 6.08 Å². The zero-order valence-corrected chi connectivity index (χ0v) is 33.9. The molecule has 3 aromatic carbocycles. The lowest BCUT2D eigenvalue weighted by Crippen LogP contribution is -2.71. The third-order valence-electron chi connectivity index (χ3n) is 13.7. The topological polar surface area (TPSA) is 117 Å². The summed E-state index contributed by atoms with van der Waals surface area (Å²) < 4.78 is 52.5. The average molecular weight is 805 g/mol. The van der Waals surface area contributed by atoms with Gasteiger partial charge in [-0.05, 0) is 85.9 Å². The van der Waals surface area contributed by atoms with Crippen molar-refractivity contribution >= 4 is 17.5 Å². The number of aliphatic hydroxyl groups is 1. The highest BCUT2D eigenvalue weighted by molar-refractivity contribution is 6.01. The number of nitrogens with zero attached hydrogens (tertiary/aromatic N) is 2. The first-order valence-corrected chi connectivity index (χ1v) is 20.2. The molecular formula is C48H50F2N2O7. The molecule has 9 nitrogen and oxygen atoms in total. The molecule has 59 heavy (non-hydrogen) atoms. The van der Waals surface area contributed by atoms with Crippen LogP contribution in [0.15, 0.2) is 127 Å².